The Morgan fingerprint density at radius 3 is 2.29 bits per heavy atom. The first-order valence-electron chi connectivity index (χ1n) is 6.48. The number of carbonyl (C=O) groups excluding carboxylic acids is 2. The Morgan fingerprint density at radius 2 is 1.67 bits per heavy atom. The molecule has 2 aromatic rings. The summed E-state index contributed by atoms with van der Waals surface area (Å²) < 4.78 is 5.12. The number of carbonyl (C=O) groups is 2. The van der Waals surface area contributed by atoms with Crippen LogP contribution in [0.4, 0.5) is 11.4 Å². The molecule has 2 aromatic carbocycles. The van der Waals surface area contributed by atoms with Gasteiger partial charge in [-0.1, -0.05) is 18.2 Å². The number of hydrogen-bond donors (Lipinski definition) is 2. The molecule has 0 bridgehead atoms. The maximum atomic E-state index is 11.9. The van der Waals surface area contributed by atoms with Crippen LogP contribution in [0.1, 0.15) is 17.3 Å². The van der Waals surface area contributed by atoms with Crippen molar-refractivity contribution < 1.29 is 14.3 Å². The number of nitrogen functional groups attached to an aromatic ring is 1. The number of esters is 1. The van der Waals surface area contributed by atoms with Crippen LogP contribution in [0.3, 0.4) is 0 Å². The van der Waals surface area contributed by atoms with Gasteiger partial charge in [0.1, 0.15) is 0 Å². The van der Waals surface area contributed by atoms with Gasteiger partial charge >= 0.3 is 5.97 Å². The molecule has 0 fully saturated rings. The molecule has 0 aliphatic carbocycles. The van der Waals surface area contributed by atoms with Crippen molar-refractivity contribution in [3.63, 3.8) is 0 Å². The Balaban J connectivity index is 1.94. The lowest BCUT2D eigenvalue weighted by Crippen LogP contribution is -2.29. The summed E-state index contributed by atoms with van der Waals surface area (Å²) in [4.78, 5) is 23.8. The number of benzene rings is 2. The zero-order chi connectivity index (χ0) is 15.2. The highest BCUT2D eigenvalue weighted by Crippen LogP contribution is 2.10. The van der Waals surface area contributed by atoms with Gasteiger partial charge in [-0.05, 0) is 43.3 Å². The third kappa shape index (κ3) is 4.07. The molecule has 21 heavy (non-hydrogen) atoms. The number of amides is 1. The van der Waals surface area contributed by atoms with Crippen molar-refractivity contribution >= 4 is 23.3 Å². The third-order valence-corrected chi connectivity index (χ3v) is 2.84. The number of ether oxygens (including phenoxy) is 1. The second kappa shape index (κ2) is 6.56. The first kappa shape index (κ1) is 14.6. The molecule has 0 saturated heterocycles. The molecule has 3 N–H and O–H groups in total. The highest BCUT2D eigenvalue weighted by molar-refractivity contribution is 5.97. The lowest BCUT2D eigenvalue weighted by Gasteiger charge is -2.13. The van der Waals surface area contributed by atoms with Gasteiger partial charge in [0.05, 0.1) is 5.56 Å². The maximum Gasteiger partial charge on any atom is 0.338 e. The zero-order valence-electron chi connectivity index (χ0n) is 11.6. The fourth-order valence-corrected chi connectivity index (χ4v) is 1.67. The van der Waals surface area contributed by atoms with Gasteiger partial charge in [-0.15, -0.1) is 0 Å². The Morgan fingerprint density at radius 1 is 1.05 bits per heavy atom. The molecule has 0 radical (unpaired) electrons. The molecular formula is C16H16N2O3. The maximum absolute atomic E-state index is 11.9. The summed E-state index contributed by atoms with van der Waals surface area (Å²) in [5.74, 6) is -0.948. The average molecular weight is 284 g/mol. The predicted molar refractivity (Wildman–Crippen MR) is 80.8 cm³/mol. The quantitative estimate of drug-likeness (QED) is 0.667. The minimum absolute atomic E-state index is 0.351. The van der Waals surface area contributed by atoms with E-state index in [0.29, 0.717) is 16.9 Å². The summed E-state index contributed by atoms with van der Waals surface area (Å²) in [6.45, 7) is 1.52. The van der Waals surface area contributed by atoms with E-state index in [9.17, 15) is 9.59 Å². The van der Waals surface area contributed by atoms with Crippen molar-refractivity contribution in [3.05, 3.63) is 60.2 Å². The van der Waals surface area contributed by atoms with E-state index in [-0.39, 0.29) is 5.91 Å². The van der Waals surface area contributed by atoms with E-state index >= 15 is 0 Å². The van der Waals surface area contributed by atoms with Crippen molar-refractivity contribution in [3.8, 4) is 0 Å². The molecule has 1 atom stereocenters. The molecule has 0 aromatic heterocycles. The second-order valence-corrected chi connectivity index (χ2v) is 4.52. The molecule has 0 heterocycles. The van der Waals surface area contributed by atoms with E-state index in [2.05, 4.69) is 5.32 Å². The predicted octanol–water partition coefficient (Wildman–Crippen LogP) is 2.45. The molecule has 0 aliphatic heterocycles. The van der Waals surface area contributed by atoms with Crippen LogP contribution in [0.2, 0.25) is 0 Å². The Labute approximate surface area is 122 Å². The Hall–Kier alpha value is -2.82. The van der Waals surface area contributed by atoms with Crippen LogP contribution in [0.25, 0.3) is 0 Å². The lowest BCUT2D eigenvalue weighted by molar-refractivity contribution is -0.123. The molecule has 108 valence electrons. The van der Waals surface area contributed by atoms with Crippen LogP contribution in [-0.4, -0.2) is 18.0 Å². The van der Waals surface area contributed by atoms with Crippen molar-refractivity contribution in [2.45, 2.75) is 13.0 Å². The van der Waals surface area contributed by atoms with Gasteiger partial charge in [0.25, 0.3) is 5.91 Å². The number of nitrogens with two attached hydrogens (primary N) is 1. The number of para-hydroxylation sites is 1. The SMILES string of the molecule is CC(OC(=O)c1ccc(N)cc1)C(=O)Nc1ccccc1. The average Bonchev–Trinajstić information content (AvgIpc) is 2.48. The largest absolute Gasteiger partial charge is 0.449 e. The minimum atomic E-state index is -0.893. The summed E-state index contributed by atoms with van der Waals surface area (Å²) in [5.41, 5.74) is 7.10. The van der Waals surface area contributed by atoms with Crippen molar-refractivity contribution in [2.24, 2.45) is 0 Å². The molecule has 2 rings (SSSR count). The molecule has 0 spiro atoms. The van der Waals surface area contributed by atoms with Crippen LogP contribution in [0, 0.1) is 0 Å². The van der Waals surface area contributed by atoms with E-state index in [1.807, 2.05) is 6.07 Å². The monoisotopic (exact) mass is 284 g/mol. The minimum Gasteiger partial charge on any atom is -0.449 e. The number of nitrogens with one attached hydrogen (secondary N) is 1. The van der Waals surface area contributed by atoms with Gasteiger partial charge < -0.3 is 15.8 Å². The first-order chi connectivity index (χ1) is 10.1. The Kier molecular flexibility index (Phi) is 4.56. The first-order valence-corrected chi connectivity index (χ1v) is 6.48. The van der Waals surface area contributed by atoms with Gasteiger partial charge in [0.2, 0.25) is 0 Å². The Bertz CT molecular complexity index is 624. The van der Waals surface area contributed by atoms with Crippen LogP contribution < -0.4 is 11.1 Å². The van der Waals surface area contributed by atoms with Gasteiger partial charge in [0, 0.05) is 11.4 Å². The molecular weight excluding hydrogens is 268 g/mol. The van der Waals surface area contributed by atoms with Crippen molar-refractivity contribution in [1.29, 1.82) is 0 Å². The van der Waals surface area contributed by atoms with Gasteiger partial charge in [-0.25, -0.2) is 4.79 Å². The molecule has 1 unspecified atom stereocenters. The molecule has 5 nitrogen and oxygen atoms in total. The van der Waals surface area contributed by atoms with Crippen molar-refractivity contribution in [1.82, 2.24) is 0 Å². The third-order valence-electron chi connectivity index (χ3n) is 2.84. The zero-order valence-corrected chi connectivity index (χ0v) is 11.6. The topological polar surface area (TPSA) is 81.4 Å². The second-order valence-electron chi connectivity index (χ2n) is 4.52. The van der Waals surface area contributed by atoms with Crippen LogP contribution in [0.5, 0.6) is 0 Å². The van der Waals surface area contributed by atoms with Gasteiger partial charge in [-0.3, -0.25) is 4.79 Å². The van der Waals surface area contributed by atoms with E-state index < -0.39 is 12.1 Å². The van der Waals surface area contributed by atoms with E-state index in [4.69, 9.17) is 10.5 Å². The van der Waals surface area contributed by atoms with Crippen molar-refractivity contribution in [2.75, 3.05) is 11.1 Å². The summed E-state index contributed by atoms with van der Waals surface area (Å²) in [6, 6.07) is 15.3. The highest BCUT2D eigenvalue weighted by Gasteiger charge is 2.18. The normalized spacial score (nSPS) is 11.5. The van der Waals surface area contributed by atoms with E-state index in [0.717, 1.165) is 0 Å². The van der Waals surface area contributed by atoms with E-state index in [1.54, 1.807) is 48.5 Å². The standard InChI is InChI=1S/C16H16N2O3/c1-11(15(19)18-14-5-3-2-4-6-14)21-16(20)12-7-9-13(17)10-8-12/h2-11H,17H2,1H3,(H,18,19). The lowest BCUT2D eigenvalue weighted by atomic mass is 10.2. The molecule has 1 amide bonds. The van der Waals surface area contributed by atoms with E-state index in [1.165, 1.54) is 6.92 Å². The van der Waals surface area contributed by atoms with Crippen LogP contribution in [0.15, 0.2) is 54.6 Å². The molecule has 0 saturated carbocycles. The number of rotatable bonds is 4. The summed E-state index contributed by atoms with van der Waals surface area (Å²) in [5, 5.41) is 2.67. The van der Waals surface area contributed by atoms with Gasteiger partial charge in [-0.2, -0.15) is 0 Å². The van der Waals surface area contributed by atoms with Crippen LogP contribution in [-0.2, 0) is 9.53 Å². The fraction of sp³-hybridized carbons (Fsp3) is 0.125. The molecule has 0 aliphatic rings. The van der Waals surface area contributed by atoms with Gasteiger partial charge in [0.15, 0.2) is 6.10 Å². The number of hydrogen-bond acceptors (Lipinski definition) is 4. The summed E-state index contributed by atoms with van der Waals surface area (Å²) >= 11 is 0. The highest BCUT2D eigenvalue weighted by atomic mass is 16.5. The smallest absolute Gasteiger partial charge is 0.338 e. The fourth-order valence-electron chi connectivity index (χ4n) is 1.67. The summed E-state index contributed by atoms with van der Waals surface area (Å²) in [7, 11) is 0. The summed E-state index contributed by atoms with van der Waals surface area (Å²) in [6.07, 6.45) is -0.893. The molecule has 5 heteroatoms. The van der Waals surface area contributed by atoms with Crippen LogP contribution >= 0.6 is 0 Å². The number of anilines is 2.